The molecule has 0 bridgehead atoms. The van der Waals surface area contributed by atoms with Gasteiger partial charge < -0.3 is 5.32 Å². The van der Waals surface area contributed by atoms with Crippen molar-refractivity contribution in [1.29, 1.82) is 0 Å². The quantitative estimate of drug-likeness (QED) is 0.898. The van der Waals surface area contributed by atoms with E-state index >= 15 is 0 Å². The molecular weight excluding hydrogens is 321 g/mol. The van der Waals surface area contributed by atoms with Gasteiger partial charge in [-0.05, 0) is 32.0 Å². The molecule has 0 aromatic heterocycles. The van der Waals surface area contributed by atoms with E-state index in [0.717, 1.165) is 4.47 Å². The highest BCUT2D eigenvalue weighted by molar-refractivity contribution is 9.10. The maximum atomic E-state index is 13.6. The van der Waals surface area contributed by atoms with Crippen LogP contribution < -0.4 is 5.32 Å². The van der Waals surface area contributed by atoms with E-state index in [1.807, 2.05) is 6.92 Å². The smallest absolute Gasteiger partial charge is 0.148 e. The molecule has 0 fully saturated rings. The third kappa shape index (κ3) is 5.04. The molecule has 0 radical (unpaired) electrons. The van der Waals surface area contributed by atoms with Gasteiger partial charge >= 0.3 is 0 Å². The summed E-state index contributed by atoms with van der Waals surface area (Å²) in [5.74, 6) is -0.266. The highest BCUT2D eigenvalue weighted by atomic mass is 79.9. The van der Waals surface area contributed by atoms with Crippen molar-refractivity contribution < 1.29 is 12.8 Å². The van der Waals surface area contributed by atoms with E-state index in [-0.39, 0.29) is 23.7 Å². The lowest BCUT2D eigenvalue weighted by Crippen LogP contribution is -2.34. The molecule has 3 nitrogen and oxygen atoms in total. The van der Waals surface area contributed by atoms with Crippen LogP contribution in [0.1, 0.15) is 25.5 Å². The highest BCUT2D eigenvalue weighted by Gasteiger charge is 2.16. The van der Waals surface area contributed by atoms with Crippen LogP contribution in [0.3, 0.4) is 0 Å². The average Bonchev–Trinajstić information content (AvgIpc) is 2.18. The lowest BCUT2D eigenvalue weighted by molar-refractivity contribution is 0.480. The van der Waals surface area contributed by atoms with Gasteiger partial charge in [0.2, 0.25) is 0 Å². The van der Waals surface area contributed by atoms with Crippen molar-refractivity contribution in [2.24, 2.45) is 0 Å². The van der Waals surface area contributed by atoms with Crippen molar-refractivity contribution >= 4 is 25.8 Å². The molecule has 18 heavy (non-hydrogen) atoms. The largest absolute Gasteiger partial charge is 0.307 e. The van der Waals surface area contributed by atoms with Gasteiger partial charge in [-0.15, -0.1) is 0 Å². The zero-order chi connectivity index (χ0) is 13.9. The standard InChI is InChI=1S/C12H17BrFNO2S/c1-8(7-18(3,16)17)15-9(2)11-6-10(13)4-5-12(11)14/h4-6,8-9,15H,7H2,1-3H3. The Morgan fingerprint density at radius 2 is 2.00 bits per heavy atom. The molecule has 0 saturated heterocycles. The molecule has 1 rings (SSSR count). The van der Waals surface area contributed by atoms with Crippen LogP contribution in [0, 0.1) is 5.82 Å². The van der Waals surface area contributed by atoms with Crippen molar-refractivity contribution in [3.8, 4) is 0 Å². The maximum absolute atomic E-state index is 13.6. The van der Waals surface area contributed by atoms with Gasteiger partial charge in [0.25, 0.3) is 0 Å². The normalized spacial score (nSPS) is 15.4. The first-order valence-electron chi connectivity index (χ1n) is 5.58. The Kier molecular flexibility index (Phi) is 5.31. The minimum Gasteiger partial charge on any atom is -0.307 e. The number of hydrogen-bond donors (Lipinski definition) is 1. The predicted molar refractivity (Wildman–Crippen MR) is 74.8 cm³/mol. The Morgan fingerprint density at radius 3 is 2.56 bits per heavy atom. The SMILES string of the molecule is CC(CS(C)(=O)=O)NC(C)c1cc(Br)ccc1F. The Balaban J connectivity index is 2.76. The Labute approximate surface area is 116 Å². The van der Waals surface area contributed by atoms with Gasteiger partial charge in [0, 0.05) is 28.4 Å². The molecule has 2 unspecified atom stereocenters. The second-order valence-corrected chi connectivity index (χ2v) is 7.65. The van der Waals surface area contributed by atoms with Crippen LogP contribution >= 0.6 is 15.9 Å². The second kappa shape index (κ2) is 6.12. The van der Waals surface area contributed by atoms with Crippen molar-refractivity contribution in [1.82, 2.24) is 5.32 Å². The van der Waals surface area contributed by atoms with Gasteiger partial charge in [0.05, 0.1) is 5.75 Å². The molecule has 6 heteroatoms. The summed E-state index contributed by atoms with van der Waals surface area (Å²) in [6, 6.07) is 4.23. The fourth-order valence-corrected chi connectivity index (χ4v) is 3.25. The molecule has 1 N–H and O–H groups in total. The summed E-state index contributed by atoms with van der Waals surface area (Å²) in [5.41, 5.74) is 0.518. The van der Waals surface area contributed by atoms with E-state index in [1.54, 1.807) is 19.1 Å². The number of hydrogen-bond acceptors (Lipinski definition) is 3. The van der Waals surface area contributed by atoms with Gasteiger partial charge in [-0.25, -0.2) is 12.8 Å². The Bertz CT molecular complexity index is 519. The molecule has 0 amide bonds. The summed E-state index contributed by atoms with van der Waals surface area (Å²) >= 11 is 3.29. The van der Waals surface area contributed by atoms with Gasteiger partial charge in [-0.2, -0.15) is 0 Å². The zero-order valence-corrected chi connectivity index (χ0v) is 13.0. The van der Waals surface area contributed by atoms with Crippen LogP contribution in [0.4, 0.5) is 4.39 Å². The van der Waals surface area contributed by atoms with E-state index in [4.69, 9.17) is 0 Å². The van der Waals surface area contributed by atoms with Crippen LogP contribution in [0.15, 0.2) is 22.7 Å². The number of halogens is 2. The first kappa shape index (κ1) is 15.6. The van der Waals surface area contributed by atoms with E-state index in [9.17, 15) is 12.8 Å². The summed E-state index contributed by atoms with van der Waals surface area (Å²) in [7, 11) is -3.03. The number of rotatable bonds is 5. The molecule has 0 saturated carbocycles. The molecule has 1 aromatic rings. The van der Waals surface area contributed by atoms with Gasteiger partial charge in [0.1, 0.15) is 15.7 Å². The topological polar surface area (TPSA) is 46.2 Å². The summed E-state index contributed by atoms with van der Waals surface area (Å²) in [4.78, 5) is 0. The number of nitrogens with one attached hydrogen (secondary N) is 1. The molecule has 2 atom stereocenters. The number of sulfone groups is 1. The molecular formula is C12H17BrFNO2S. The number of benzene rings is 1. The Hall–Kier alpha value is -0.460. The summed E-state index contributed by atoms with van der Waals surface area (Å²) in [6.07, 6.45) is 1.19. The van der Waals surface area contributed by atoms with E-state index in [1.165, 1.54) is 12.3 Å². The zero-order valence-electron chi connectivity index (χ0n) is 10.6. The molecule has 0 aliphatic heterocycles. The lowest BCUT2D eigenvalue weighted by atomic mass is 10.1. The molecule has 0 spiro atoms. The first-order chi connectivity index (χ1) is 8.19. The third-order valence-electron chi connectivity index (χ3n) is 2.51. The molecule has 0 aliphatic carbocycles. The molecule has 0 aliphatic rings. The average molecular weight is 338 g/mol. The molecule has 1 aromatic carbocycles. The summed E-state index contributed by atoms with van der Waals surface area (Å²) < 4.78 is 36.7. The van der Waals surface area contributed by atoms with Crippen molar-refractivity contribution in [2.75, 3.05) is 12.0 Å². The molecule has 102 valence electrons. The Morgan fingerprint density at radius 1 is 1.39 bits per heavy atom. The first-order valence-corrected chi connectivity index (χ1v) is 8.43. The lowest BCUT2D eigenvalue weighted by Gasteiger charge is -2.20. The fourth-order valence-electron chi connectivity index (χ4n) is 1.87. The summed E-state index contributed by atoms with van der Waals surface area (Å²) in [6.45, 7) is 3.58. The third-order valence-corrected chi connectivity index (χ3v) is 4.11. The summed E-state index contributed by atoms with van der Waals surface area (Å²) in [5, 5.41) is 3.08. The van der Waals surface area contributed by atoms with Gasteiger partial charge in [-0.3, -0.25) is 0 Å². The van der Waals surface area contributed by atoms with Crippen LogP contribution in [-0.2, 0) is 9.84 Å². The van der Waals surface area contributed by atoms with Crippen LogP contribution in [0.25, 0.3) is 0 Å². The van der Waals surface area contributed by atoms with Crippen molar-refractivity contribution in [3.63, 3.8) is 0 Å². The van der Waals surface area contributed by atoms with Crippen LogP contribution in [0.2, 0.25) is 0 Å². The van der Waals surface area contributed by atoms with Gasteiger partial charge in [-0.1, -0.05) is 15.9 Å². The monoisotopic (exact) mass is 337 g/mol. The minimum absolute atomic E-state index is 0.0347. The predicted octanol–water partition coefficient (Wildman–Crippen LogP) is 2.67. The fraction of sp³-hybridized carbons (Fsp3) is 0.500. The van der Waals surface area contributed by atoms with Crippen molar-refractivity contribution in [3.05, 3.63) is 34.1 Å². The van der Waals surface area contributed by atoms with Gasteiger partial charge in [0.15, 0.2) is 0 Å². The van der Waals surface area contributed by atoms with Crippen LogP contribution in [0.5, 0.6) is 0 Å². The maximum Gasteiger partial charge on any atom is 0.148 e. The highest BCUT2D eigenvalue weighted by Crippen LogP contribution is 2.21. The van der Waals surface area contributed by atoms with E-state index in [2.05, 4.69) is 21.2 Å². The minimum atomic E-state index is -3.03. The molecule has 0 heterocycles. The van der Waals surface area contributed by atoms with Crippen molar-refractivity contribution in [2.45, 2.75) is 25.9 Å². The van der Waals surface area contributed by atoms with E-state index < -0.39 is 9.84 Å². The van der Waals surface area contributed by atoms with Crippen LogP contribution in [-0.4, -0.2) is 26.5 Å². The second-order valence-electron chi connectivity index (χ2n) is 4.55. The van der Waals surface area contributed by atoms with E-state index in [0.29, 0.717) is 5.56 Å².